The molecule has 1 unspecified atom stereocenters. The van der Waals surface area contributed by atoms with Crippen molar-refractivity contribution in [2.24, 2.45) is 11.7 Å². The maximum absolute atomic E-state index is 11.4. The minimum atomic E-state index is -0.129. The maximum Gasteiger partial charge on any atom is 0.222 e. The third kappa shape index (κ3) is 4.27. The third-order valence-corrected chi connectivity index (χ3v) is 2.43. The van der Waals surface area contributed by atoms with Crippen LogP contribution >= 0.6 is 0 Å². The van der Waals surface area contributed by atoms with Gasteiger partial charge >= 0.3 is 0 Å². The summed E-state index contributed by atoms with van der Waals surface area (Å²) in [4.78, 5) is 11.4. The van der Waals surface area contributed by atoms with Gasteiger partial charge in [-0.05, 0) is 26.3 Å². The molecule has 0 aliphatic heterocycles. The van der Waals surface area contributed by atoms with Crippen molar-refractivity contribution in [3.05, 3.63) is 0 Å². The summed E-state index contributed by atoms with van der Waals surface area (Å²) < 4.78 is 0. The minimum absolute atomic E-state index is 0.0450. The average Bonchev–Trinajstić information content (AvgIpc) is 2.04. The first-order chi connectivity index (χ1) is 5.95. The first-order valence-electron chi connectivity index (χ1n) is 4.97. The first-order valence-corrected chi connectivity index (χ1v) is 4.97. The van der Waals surface area contributed by atoms with Gasteiger partial charge in [-0.25, -0.2) is 0 Å². The lowest BCUT2D eigenvalue weighted by molar-refractivity contribution is -0.125. The van der Waals surface area contributed by atoms with E-state index in [-0.39, 0.29) is 17.4 Å². The summed E-state index contributed by atoms with van der Waals surface area (Å²) in [6, 6.07) is 0. The van der Waals surface area contributed by atoms with Gasteiger partial charge in [-0.3, -0.25) is 4.79 Å². The summed E-state index contributed by atoms with van der Waals surface area (Å²) in [6.45, 7) is 8.51. The van der Waals surface area contributed by atoms with Crippen LogP contribution < -0.4 is 11.1 Å². The van der Waals surface area contributed by atoms with Crippen molar-refractivity contribution in [2.45, 2.75) is 46.1 Å². The second-order valence-corrected chi connectivity index (χ2v) is 4.10. The van der Waals surface area contributed by atoms with Crippen LogP contribution in [0.2, 0.25) is 0 Å². The van der Waals surface area contributed by atoms with E-state index in [1.54, 1.807) is 0 Å². The molecule has 0 bridgehead atoms. The van der Waals surface area contributed by atoms with Crippen LogP contribution in [0.5, 0.6) is 0 Å². The molecule has 78 valence electrons. The summed E-state index contributed by atoms with van der Waals surface area (Å²) in [6.07, 6.45) is 1.75. The third-order valence-electron chi connectivity index (χ3n) is 2.43. The van der Waals surface area contributed by atoms with Crippen LogP contribution in [-0.2, 0) is 4.79 Å². The molecule has 13 heavy (non-hydrogen) atoms. The van der Waals surface area contributed by atoms with E-state index in [0.717, 1.165) is 12.8 Å². The Morgan fingerprint density at radius 1 is 1.54 bits per heavy atom. The van der Waals surface area contributed by atoms with Crippen LogP contribution in [0, 0.1) is 5.92 Å². The fourth-order valence-electron chi connectivity index (χ4n) is 1.09. The highest BCUT2D eigenvalue weighted by Crippen LogP contribution is 2.14. The number of rotatable bonds is 5. The fourth-order valence-corrected chi connectivity index (χ4v) is 1.09. The van der Waals surface area contributed by atoms with Gasteiger partial charge in [-0.1, -0.05) is 20.8 Å². The monoisotopic (exact) mass is 186 g/mol. The highest BCUT2D eigenvalue weighted by molar-refractivity contribution is 5.78. The van der Waals surface area contributed by atoms with Gasteiger partial charge < -0.3 is 11.1 Å². The molecule has 0 heterocycles. The van der Waals surface area contributed by atoms with E-state index in [9.17, 15) is 4.79 Å². The molecular formula is C10H22N2O. The Balaban J connectivity index is 4.18. The Morgan fingerprint density at radius 2 is 2.08 bits per heavy atom. The van der Waals surface area contributed by atoms with Gasteiger partial charge in [0.15, 0.2) is 0 Å². The zero-order valence-electron chi connectivity index (χ0n) is 9.18. The molecule has 0 radical (unpaired) electrons. The molecule has 0 saturated heterocycles. The van der Waals surface area contributed by atoms with E-state index in [0.29, 0.717) is 6.54 Å². The molecule has 0 saturated carbocycles. The number of carbonyl (C=O) groups is 1. The van der Waals surface area contributed by atoms with E-state index in [2.05, 4.69) is 12.2 Å². The second kappa shape index (κ2) is 5.22. The Kier molecular flexibility index (Phi) is 4.99. The number of hydrogen-bond donors (Lipinski definition) is 2. The molecule has 3 N–H and O–H groups in total. The standard InChI is InChI=1S/C10H22N2O/c1-5-10(4,6-7-11)12-9(13)8(2)3/h8H,5-7,11H2,1-4H3,(H,12,13). The fraction of sp³-hybridized carbons (Fsp3) is 0.900. The Bertz CT molecular complexity index is 168. The number of hydrogen-bond acceptors (Lipinski definition) is 2. The van der Waals surface area contributed by atoms with Crippen LogP contribution in [0.25, 0.3) is 0 Å². The SMILES string of the molecule is CCC(C)(CCN)NC(=O)C(C)C. The topological polar surface area (TPSA) is 55.1 Å². The Morgan fingerprint density at radius 3 is 2.38 bits per heavy atom. The Labute approximate surface area is 81.1 Å². The van der Waals surface area contributed by atoms with Gasteiger partial charge in [0.1, 0.15) is 0 Å². The summed E-state index contributed by atoms with van der Waals surface area (Å²) in [7, 11) is 0. The van der Waals surface area contributed by atoms with Gasteiger partial charge in [0, 0.05) is 11.5 Å². The maximum atomic E-state index is 11.4. The van der Waals surface area contributed by atoms with Gasteiger partial charge in [0.2, 0.25) is 5.91 Å². The van der Waals surface area contributed by atoms with Crippen molar-refractivity contribution in [1.29, 1.82) is 0 Å². The van der Waals surface area contributed by atoms with Gasteiger partial charge in [0.05, 0.1) is 0 Å². The van der Waals surface area contributed by atoms with Crippen molar-refractivity contribution in [3.8, 4) is 0 Å². The number of carbonyl (C=O) groups excluding carboxylic acids is 1. The molecule has 1 atom stereocenters. The van der Waals surface area contributed by atoms with E-state index in [1.807, 2.05) is 20.8 Å². The highest BCUT2D eigenvalue weighted by atomic mass is 16.2. The van der Waals surface area contributed by atoms with Crippen molar-refractivity contribution >= 4 is 5.91 Å². The lowest BCUT2D eigenvalue weighted by Gasteiger charge is -2.30. The van der Waals surface area contributed by atoms with Crippen molar-refractivity contribution in [3.63, 3.8) is 0 Å². The number of nitrogens with one attached hydrogen (secondary N) is 1. The molecule has 0 aliphatic carbocycles. The zero-order chi connectivity index (χ0) is 10.5. The summed E-state index contributed by atoms with van der Waals surface area (Å²) in [5, 5.41) is 3.02. The Hall–Kier alpha value is -0.570. The van der Waals surface area contributed by atoms with Crippen LogP contribution in [0.4, 0.5) is 0 Å². The van der Waals surface area contributed by atoms with Crippen molar-refractivity contribution in [2.75, 3.05) is 6.54 Å². The molecule has 3 nitrogen and oxygen atoms in total. The average molecular weight is 186 g/mol. The first kappa shape index (κ1) is 12.4. The molecule has 0 spiro atoms. The van der Waals surface area contributed by atoms with Gasteiger partial charge in [-0.2, -0.15) is 0 Å². The van der Waals surface area contributed by atoms with Gasteiger partial charge in [-0.15, -0.1) is 0 Å². The van der Waals surface area contributed by atoms with E-state index in [4.69, 9.17) is 5.73 Å². The molecule has 0 aromatic carbocycles. The molecule has 0 aromatic heterocycles. The highest BCUT2D eigenvalue weighted by Gasteiger charge is 2.24. The van der Waals surface area contributed by atoms with Crippen LogP contribution in [0.1, 0.15) is 40.5 Å². The molecule has 1 amide bonds. The zero-order valence-corrected chi connectivity index (χ0v) is 9.18. The lowest BCUT2D eigenvalue weighted by atomic mass is 9.93. The summed E-state index contributed by atoms with van der Waals surface area (Å²) in [5.41, 5.74) is 5.36. The van der Waals surface area contributed by atoms with Gasteiger partial charge in [0.25, 0.3) is 0 Å². The largest absolute Gasteiger partial charge is 0.351 e. The number of amides is 1. The normalized spacial score (nSPS) is 15.5. The predicted octanol–water partition coefficient (Wildman–Crippen LogP) is 1.28. The van der Waals surface area contributed by atoms with Crippen LogP contribution in [0.3, 0.4) is 0 Å². The van der Waals surface area contributed by atoms with E-state index in [1.165, 1.54) is 0 Å². The van der Waals surface area contributed by atoms with Crippen molar-refractivity contribution in [1.82, 2.24) is 5.32 Å². The smallest absolute Gasteiger partial charge is 0.222 e. The molecule has 0 rings (SSSR count). The molecular weight excluding hydrogens is 164 g/mol. The summed E-state index contributed by atoms with van der Waals surface area (Å²) in [5.74, 6) is 0.154. The number of nitrogens with two attached hydrogens (primary N) is 1. The van der Waals surface area contributed by atoms with Crippen LogP contribution in [-0.4, -0.2) is 18.0 Å². The second-order valence-electron chi connectivity index (χ2n) is 4.10. The molecule has 3 heteroatoms. The minimum Gasteiger partial charge on any atom is -0.351 e. The van der Waals surface area contributed by atoms with Crippen LogP contribution in [0.15, 0.2) is 0 Å². The lowest BCUT2D eigenvalue weighted by Crippen LogP contribution is -2.48. The predicted molar refractivity (Wildman–Crippen MR) is 55.3 cm³/mol. The molecule has 0 aromatic rings. The van der Waals surface area contributed by atoms with E-state index >= 15 is 0 Å². The quantitative estimate of drug-likeness (QED) is 0.679. The molecule has 0 aliphatic rings. The van der Waals surface area contributed by atoms with Crippen molar-refractivity contribution < 1.29 is 4.79 Å². The molecule has 0 fully saturated rings. The summed E-state index contributed by atoms with van der Waals surface area (Å²) >= 11 is 0. The van der Waals surface area contributed by atoms with E-state index < -0.39 is 0 Å².